The van der Waals surface area contributed by atoms with Gasteiger partial charge in [-0.05, 0) is 85.1 Å². The third kappa shape index (κ3) is 11.5. The molecule has 2 aromatic rings. The molecule has 2 atom stereocenters. The molecule has 3 fully saturated rings. The van der Waals surface area contributed by atoms with Crippen LogP contribution in [0.5, 0.6) is 0 Å². The molecule has 3 heterocycles. The summed E-state index contributed by atoms with van der Waals surface area (Å²) in [5, 5.41) is 24.4. The van der Waals surface area contributed by atoms with Gasteiger partial charge in [0, 0.05) is 18.4 Å². The van der Waals surface area contributed by atoms with E-state index in [1.165, 1.54) is 18.6 Å². The Hall–Kier alpha value is -3.08. The Morgan fingerprint density at radius 2 is 1.22 bits per heavy atom. The Morgan fingerprint density at radius 3 is 1.60 bits per heavy atom. The predicted octanol–water partition coefficient (Wildman–Crippen LogP) is 4.77. The van der Waals surface area contributed by atoms with Crippen molar-refractivity contribution in [1.29, 1.82) is 0 Å². The van der Waals surface area contributed by atoms with Crippen LogP contribution in [0.2, 0.25) is 0 Å². The molecule has 3 aliphatic rings. The van der Waals surface area contributed by atoms with Gasteiger partial charge in [-0.3, -0.25) is 14.4 Å². The first-order valence-corrected chi connectivity index (χ1v) is 19.9. The number of benzene rings is 2. The van der Waals surface area contributed by atoms with E-state index in [4.69, 9.17) is 17.0 Å². The first kappa shape index (κ1) is 41.3. The highest BCUT2D eigenvalue weighted by Gasteiger charge is 2.38. The van der Waals surface area contributed by atoms with Crippen LogP contribution in [-0.2, 0) is 14.4 Å². The summed E-state index contributed by atoms with van der Waals surface area (Å²) in [4.78, 5) is 51.7. The van der Waals surface area contributed by atoms with E-state index in [2.05, 4.69) is 30.5 Å². The zero-order chi connectivity index (χ0) is 36.7. The second-order valence-corrected chi connectivity index (χ2v) is 18.1. The van der Waals surface area contributed by atoms with Crippen molar-refractivity contribution in [3.8, 4) is 24.7 Å². The van der Waals surface area contributed by atoms with Gasteiger partial charge in [0.25, 0.3) is 17.7 Å². The molecule has 50 heavy (non-hydrogen) atoms. The van der Waals surface area contributed by atoms with E-state index >= 15 is 0 Å². The summed E-state index contributed by atoms with van der Waals surface area (Å²) in [6.07, 6.45) is 11.0. The molecule has 0 radical (unpaired) electrons. The summed E-state index contributed by atoms with van der Waals surface area (Å²) in [6, 6.07) is 13.5. The smallest absolute Gasteiger partial charge is 0.363 e. The Balaban J connectivity index is 0.000000247. The van der Waals surface area contributed by atoms with Crippen molar-refractivity contribution in [3.63, 3.8) is 0 Å². The molecule has 10 nitrogen and oxygen atoms in total. The van der Waals surface area contributed by atoms with Crippen molar-refractivity contribution < 1.29 is 34.2 Å². The third-order valence-corrected chi connectivity index (χ3v) is 14.3. The predicted molar refractivity (Wildman–Crippen MR) is 204 cm³/mol. The number of rotatable bonds is 8. The van der Waals surface area contributed by atoms with Gasteiger partial charge in [-0.25, -0.2) is 4.79 Å². The Kier molecular flexibility index (Phi) is 16.6. The number of thioether (sulfide) groups is 4. The largest absolute Gasteiger partial charge is 0.386 e. The number of nitrogens with one attached hydrogen (secondary N) is 1. The van der Waals surface area contributed by atoms with Crippen molar-refractivity contribution >= 4 is 70.7 Å². The lowest BCUT2D eigenvalue weighted by atomic mass is 10.0. The number of imide groups is 1. The number of aliphatic hydroxyl groups excluding tert-OH is 2. The fourth-order valence-electron chi connectivity index (χ4n) is 4.87. The van der Waals surface area contributed by atoms with Crippen molar-refractivity contribution in [2.75, 3.05) is 36.1 Å². The molecule has 3 aliphatic heterocycles. The Labute approximate surface area is 311 Å². The SMILES string of the molecule is C#CCN.C#CCNC(=O)c1ccc(C(O)C2(C)SCCCS2)cc1.CC1(C(O)c2ccc(C(=O)ON3C(=O)CCC3=O)cc2)SCCCS1. The highest BCUT2D eigenvalue weighted by Crippen LogP contribution is 2.50. The average Bonchev–Trinajstić information content (AvgIpc) is 3.46. The molecule has 0 spiro atoms. The zero-order valence-electron chi connectivity index (χ0n) is 28.1. The fourth-order valence-corrected chi connectivity index (χ4v) is 10.9. The van der Waals surface area contributed by atoms with E-state index in [9.17, 15) is 29.4 Å². The minimum Gasteiger partial charge on any atom is -0.386 e. The second-order valence-electron chi connectivity index (χ2n) is 11.4. The lowest BCUT2D eigenvalue weighted by Crippen LogP contribution is -2.32. The highest BCUT2D eigenvalue weighted by atomic mass is 32.2. The minimum atomic E-state index is -0.766. The molecule has 0 aromatic heterocycles. The van der Waals surface area contributed by atoms with Crippen LogP contribution in [0.1, 0.15) is 83.6 Å². The molecule has 3 amide bonds. The van der Waals surface area contributed by atoms with Gasteiger partial charge in [-0.1, -0.05) is 36.1 Å². The molecular weight excluding hydrogens is 715 g/mol. The van der Waals surface area contributed by atoms with Crippen molar-refractivity contribution in [2.24, 2.45) is 5.73 Å². The summed E-state index contributed by atoms with van der Waals surface area (Å²) in [7, 11) is 0. The van der Waals surface area contributed by atoms with Crippen LogP contribution in [0.4, 0.5) is 0 Å². The number of hydrogen-bond donors (Lipinski definition) is 4. The van der Waals surface area contributed by atoms with Crippen molar-refractivity contribution in [3.05, 3.63) is 70.8 Å². The van der Waals surface area contributed by atoms with E-state index in [0.29, 0.717) is 22.7 Å². The van der Waals surface area contributed by atoms with Crippen molar-refractivity contribution in [1.82, 2.24) is 10.4 Å². The summed E-state index contributed by atoms with van der Waals surface area (Å²) in [6.45, 7) is 4.67. The highest BCUT2D eigenvalue weighted by molar-refractivity contribution is 8.19. The first-order valence-electron chi connectivity index (χ1n) is 15.9. The molecule has 268 valence electrons. The van der Waals surface area contributed by atoms with Gasteiger partial charge in [-0.2, -0.15) is 0 Å². The Morgan fingerprint density at radius 1 is 0.820 bits per heavy atom. The van der Waals surface area contributed by atoms with Crippen LogP contribution in [-0.4, -0.2) is 83.2 Å². The van der Waals surface area contributed by atoms with Gasteiger partial charge in [0.05, 0.1) is 26.8 Å². The molecule has 14 heteroatoms. The van der Waals surface area contributed by atoms with Crippen LogP contribution >= 0.6 is 47.0 Å². The molecule has 2 unspecified atom stereocenters. The second kappa shape index (κ2) is 20.1. The number of nitrogens with zero attached hydrogens (tertiary/aromatic N) is 1. The zero-order valence-corrected chi connectivity index (χ0v) is 31.4. The third-order valence-electron chi connectivity index (χ3n) is 7.72. The maximum Gasteiger partial charge on any atom is 0.363 e. The summed E-state index contributed by atoms with van der Waals surface area (Å²) < 4.78 is -0.528. The number of hydroxylamine groups is 2. The molecule has 5 rings (SSSR count). The minimum absolute atomic E-state index is 0.0607. The maximum absolute atomic E-state index is 12.1. The Bertz CT molecular complexity index is 1530. The fraction of sp³-hybridized carbons (Fsp3) is 0.444. The molecular formula is C36H43N3O7S4. The monoisotopic (exact) mass is 757 g/mol. The molecule has 0 bridgehead atoms. The van der Waals surface area contributed by atoms with Crippen LogP contribution in [0, 0.1) is 24.7 Å². The summed E-state index contributed by atoms with van der Waals surface area (Å²) in [5.41, 5.74) is 7.12. The number of carbonyl (C=O) groups excluding carboxylic acids is 4. The maximum atomic E-state index is 12.1. The number of nitrogens with two attached hydrogens (primary N) is 1. The van der Waals surface area contributed by atoms with E-state index in [1.54, 1.807) is 71.3 Å². The van der Waals surface area contributed by atoms with Crippen LogP contribution in [0.3, 0.4) is 0 Å². The molecule has 5 N–H and O–H groups in total. The van der Waals surface area contributed by atoms with E-state index in [1.807, 2.05) is 19.1 Å². The van der Waals surface area contributed by atoms with Crippen LogP contribution in [0.15, 0.2) is 48.5 Å². The molecule has 3 saturated heterocycles. The van der Waals surface area contributed by atoms with E-state index < -0.39 is 30.0 Å². The lowest BCUT2D eigenvalue weighted by Gasteiger charge is -2.36. The van der Waals surface area contributed by atoms with Gasteiger partial charge in [0.2, 0.25) is 0 Å². The van der Waals surface area contributed by atoms with Crippen LogP contribution < -0.4 is 11.1 Å². The molecule has 0 saturated carbocycles. The normalized spacial score (nSPS) is 18.8. The van der Waals surface area contributed by atoms with Gasteiger partial charge < -0.3 is 26.1 Å². The average molecular weight is 758 g/mol. The topological polar surface area (TPSA) is 159 Å². The number of hydrogen-bond acceptors (Lipinski definition) is 12. The van der Waals surface area contributed by atoms with Crippen molar-refractivity contribution in [2.45, 2.75) is 59.9 Å². The number of amides is 3. The summed E-state index contributed by atoms with van der Waals surface area (Å²) >= 11 is 7.08. The first-order chi connectivity index (χ1) is 23.9. The number of terminal acetylenes is 2. The standard InChI is InChI=1S/C17H19NO5S2.C16H19NO2S2.C3H5N/c1-17(24-9-2-10-25-17)15(21)11-3-5-12(6-4-11)16(22)23-18-13(19)7-8-14(18)20;1-3-9-17-15(19)13-7-5-12(6-8-13)14(18)16(2)20-10-4-11-21-16;1-2-3-4/h3-6,15,21H,2,7-10H2,1H3;1,5-8,14,18H,4,9-11H2,2H3,(H,17,19);1H,3-4H2. The van der Waals surface area contributed by atoms with Gasteiger partial charge in [-0.15, -0.1) is 65.0 Å². The lowest BCUT2D eigenvalue weighted by molar-refractivity contribution is -0.172. The van der Waals surface area contributed by atoms with Gasteiger partial charge in [0.15, 0.2) is 0 Å². The van der Waals surface area contributed by atoms with E-state index in [0.717, 1.165) is 35.0 Å². The number of aliphatic hydroxyl groups is 2. The quantitative estimate of drug-likeness (QED) is 0.216. The summed E-state index contributed by atoms with van der Waals surface area (Å²) in [5.74, 6) is 6.78. The number of carbonyl (C=O) groups is 4. The molecule has 2 aromatic carbocycles. The van der Waals surface area contributed by atoms with E-state index in [-0.39, 0.29) is 39.0 Å². The van der Waals surface area contributed by atoms with Gasteiger partial charge >= 0.3 is 5.97 Å². The molecule has 0 aliphatic carbocycles. The van der Waals surface area contributed by atoms with Gasteiger partial charge in [0.1, 0.15) is 12.2 Å². The van der Waals surface area contributed by atoms with Crippen LogP contribution in [0.25, 0.3) is 0 Å².